The number of aromatic amines is 1. The largest absolute Gasteiger partial charge is 0.493 e. The molecule has 4 fully saturated rings. The first kappa shape index (κ1) is 15.1. The predicted octanol–water partition coefficient (Wildman–Crippen LogP) is 5.09. The number of H-pyrrole nitrogens is 1. The van der Waals surface area contributed by atoms with E-state index in [1.54, 1.807) is 0 Å². The van der Waals surface area contributed by atoms with E-state index in [9.17, 15) is 9.90 Å². The average molecular weight is 337 g/mol. The van der Waals surface area contributed by atoms with Gasteiger partial charge in [-0.05, 0) is 67.8 Å². The molecule has 0 radical (unpaired) electrons. The lowest BCUT2D eigenvalue weighted by Gasteiger charge is -2.56. The number of carbonyl (C=O) groups excluding carboxylic acids is 1. The highest BCUT2D eigenvalue weighted by molar-refractivity contribution is 5.94. The number of hydrogen-bond acceptors (Lipinski definition) is 3. The molecule has 4 saturated carbocycles. The summed E-state index contributed by atoms with van der Waals surface area (Å²) >= 11 is 0. The van der Waals surface area contributed by atoms with Gasteiger partial charge >= 0.3 is 0 Å². The highest BCUT2D eigenvalue weighted by Crippen LogP contribution is 2.61. The molecule has 0 aliphatic heterocycles. The molecule has 2 N–H and O–H groups in total. The van der Waals surface area contributed by atoms with Crippen LogP contribution in [0, 0.1) is 23.2 Å². The van der Waals surface area contributed by atoms with Crippen LogP contribution in [0.1, 0.15) is 44.9 Å². The molecular weight excluding hydrogens is 314 g/mol. The summed E-state index contributed by atoms with van der Waals surface area (Å²) in [4.78, 5) is 15.4. The minimum Gasteiger partial charge on any atom is -0.493 e. The molecule has 4 aliphatic rings. The molecule has 0 atom stereocenters. The second-order valence-corrected chi connectivity index (χ2v) is 8.56. The van der Waals surface area contributed by atoms with E-state index in [1.165, 1.54) is 38.5 Å². The van der Waals surface area contributed by atoms with Crippen molar-refractivity contribution in [3.63, 3.8) is 0 Å². The predicted molar refractivity (Wildman–Crippen MR) is 94.7 cm³/mol. The summed E-state index contributed by atoms with van der Waals surface area (Å²) in [5.74, 6) is 2.30. The van der Waals surface area contributed by atoms with Crippen molar-refractivity contribution in [3.8, 4) is 5.88 Å². The maximum Gasteiger partial charge on any atom is 0.265 e. The minimum atomic E-state index is -0.147. The summed E-state index contributed by atoms with van der Waals surface area (Å²) in [5.41, 5.74) is 1.32. The van der Waals surface area contributed by atoms with E-state index in [2.05, 4.69) is 15.2 Å². The molecule has 1 heterocycles. The molecular formula is C20H23N3O2. The van der Waals surface area contributed by atoms with Crippen LogP contribution in [0.4, 0.5) is 5.69 Å². The first-order valence-corrected chi connectivity index (χ1v) is 9.34. The third kappa shape index (κ3) is 2.57. The second-order valence-electron chi connectivity index (χ2n) is 8.56. The Morgan fingerprint density at radius 1 is 1.12 bits per heavy atom. The number of amides is 1. The van der Waals surface area contributed by atoms with Gasteiger partial charge in [-0.25, -0.2) is 0 Å². The summed E-state index contributed by atoms with van der Waals surface area (Å²) in [5, 5.41) is 18.9. The first-order valence-electron chi connectivity index (χ1n) is 9.34. The van der Waals surface area contributed by atoms with Crippen molar-refractivity contribution in [2.75, 3.05) is 0 Å². The van der Waals surface area contributed by atoms with Gasteiger partial charge in [-0.1, -0.05) is 18.2 Å². The number of aromatic hydroxyl groups is 1. The van der Waals surface area contributed by atoms with Crippen molar-refractivity contribution in [2.24, 2.45) is 33.4 Å². The van der Waals surface area contributed by atoms with Gasteiger partial charge in [0.25, 0.3) is 5.91 Å². The Hall–Kier alpha value is -2.17. The molecule has 25 heavy (non-hydrogen) atoms. The van der Waals surface area contributed by atoms with Crippen LogP contribution in [0.5, 0.6) is 5.88 Å². The molecule has 1 aromatic carbocycles. The van der Waals surface area contributed by atoms with Crippen LogP contribution >= 0.6 is 0 Å². The SMILES string of the molecule is O=C(CC12CC3CC(CC(C3)C1)C2)N=Nc1c(O)[nH]c2ccccc12. The number of rotatable bonds is 3. The van der Waals surface area contributed by atoms with E-state index in [0.29, 0.717) is 12.1 Å². The van der Waals surface area contributed by atoms with Crippen LogP contribution in [-0.2, 0) is 4.79 Å². The number of nitrogens with one attached hydrogen (secondary N) is 1. The Balaban J connectivity index is 1.35. The van der Waals surface area contributed by atoms with Crippen molar-refractivity contribution in [3.05, 3.63) is 24.3 Å². The Morgan fingerprint density at radius 3 is 2.44 bits per heavy atom. The molecule has 6 rings (SSSR count). The number of benzene rings is 1. The van der Waals surface area contributed by atoms with Crippen LogP contribution < -0.4 is 0 Å². The Bertz CT molecular complexity index is 832. The van der Waals surface area contributed by atoms with Gasteiger partial charge in [-0.2, -0.15) is 0 Å². The van der Waals surface area contributed by atoms with Crippen LogP contribution in [0.15, 0.2) is 34.5 Å². The van der Waals surface area contributed by atoms with E-state index in [0.717, 1.165) is 28.7 Å². The fourth-order valence-electron chi connectivity index (χ4n) is 6.18. The van der Waals surface area contributed by atoms with Gasteiger partial charge in [0, 0.05) is 11.8 Å². The van der Waals surface area contributed by atoms with Crippen LogP contribution in [0.2, 0.25) is 0 Å². The molecule has 4 bridgehead atoms. The summed E-state index contributed by atoms with van der Waals surface area (Å²) in [6.45, 7) is 0. The normalized spacial score (nSPS) is 33.5. The smallest absolute Gasteiger partial charge is 0.265 e. The number of aromatic nitrogens is 1. The van der Waals surface area contributed by atoms with Crippen molar-refractivity contribution in [2.45, 2.75) is 44.9 Å². The molecule has 0 saturated heterocycles. The van der Waals surface area contributed by atoms with Gasteiger partial charge in [-0.3, -0.25) is 4.79 Å². The highest BCUT2D eigenvalue weighted by Gasteiger charge is 2.51. The van der Waals surface area contributed by atoms with Gasteiger partial charge < -0.3 is 10.1 Å². The number of hydrogen-bond donors (Lipinski definition) is 2. The average Bonchev–Trinajstić information content (AvgIpc) is 2.86. The zero-order valence-electron chi connectivity index (χ0n) is 14.2. The Labute approximate surface area is 146 Å². The zero-order chi connectivity index (χ0) is 17.0. The molecule has 130 valence electrons. The molecule has 5 nitrogen and oxygen atoms in total. The number of nitrogens with zero attached hydrogens (tertiary/aromatic N) is 2. The monoisotopic (exact) mass is 337 g/mol. The van der Waals surface area contributed by atoms with Gasteiger partial charge in [0.2, 0.25) is 5.88 Å². The fourth-order valence-corrected chi connectivity index (χ4v) is 6.18. The van der Waals surface area contributed by atoms with Crippen LogP contribution in [0.3, 0.4) is 0 Å². The lowest BCUT2D eigenvalue weighted by Crippen LogP contribution is -2.46. The van der Waals surface area contributed by atoms with Gasteiger partial charge in [0.05, 0.1) is 5.52 Å². The van der Waals surface area contributed by atoms with Crippen molar-refractivity contribution in [1.29, 1.82) is 0 Å². The molecule has 0 unspecified atom stereocenters. The lowest BCUT2D eigenvalue weighted by molar-refractivity contribution is -0.126. The molecule has 1 amide bonds. The van der Waals surface area contributed by atoms with Gasteiger partial charge in [0.15, 0.2) is 5.69 Å². The molecule has 5 heteroatoms. The highest BCUT2D eigenvalue weighted by atomic mass is 16.3. The van der Waals surface area contributed by atoms with Crippen LogP contribution in [-0.4, -0.2) is 16.0 Å². The number of carbonyl (C=O) groups is 1. The van der Waals surface area contributed by atoms with Crippen molar-refractivity contribution >= 4 is 22.5 Å². The Kier molecular flexibility index (Phi) is 3.27. The van der Waals surface area contributed by atoms with Gasteiger partial charge in [-0.15, -0.1) is 10.2 Å². The third-order valence-electron chi connectivity index (χ3n) is 6.61. The third-order valence-corrected chi connectivity index (χ3v) is 6.61. The summed E-state index contributed by atoms with van der Waals surface area (Å²) in [7, 11) is 0. The van der Waals surface area contributed by atoms with E-state index in [-0.39, 0.29) is 17.2 Å². The topological polar surface area (TPSA) is 77.8 Å². The molecule has 1 aromatic heterocycles. The maximum atomic E-state index is 12.5. The first-order chi connectivity index (χ1) is 12.1. The second kappa shape index (κ2) is 5.41. The van der Waals surface area contributed by atoms with E-state index in [4.69, 9.17) is 0 Å². The van der Waals surface area contributed by atoms with Crippen molar-refractivity contribution in [1.82, 2.24) is 4.98 Å². The zero-order valence-corrected chi connectivity index (χ0v) is 14.2. The van der Waals surface area contributed by atoms with E-state index in [1.807, 2.05) is 24.3 Å². The molecule has 4 aliphatic carbocycles. The lowest BCUT2D eigenvalue weighted by atomic mass is 9.49. The number of para-hydroxylation sites is 1. The summed E-state index contributed by atoms with van der Waals surface area (Å²) < 4.78 is 0. The molecule has 2 aromatic rings. The number of azo groups is 1. The molecule has 0 spiro atoms. The Morgan fingerprint density at radius 2 is 1.76 bits per heavy atom. The number of fused-ring (bicyclic) bond motifs is 1. The van der Waals surface area contributed by atoms with Crippen molar-refractivity contribution < 1.29 is 9.90 Å². The van der Waals surface area contributed by atoms with E-state index < -0.39 is 0 Å². The maximum absolute atomic E-state index is 12.5. The summed E-state index contributed by atoms with van der Waals surface area (Å²) in [6.07, 6.45) is 8.22. The van der Waals surface area contributed by atoms with Crippen LogP contribution in [0.25, 0.3) is 10.9 Å². The quantitative estimate of drug-likeness (QED) is 0.765. The minimum absolute atomic E-state index is 0.0347. The standard InChI is InChI=1S/C20H23N3O2/c24-17(11-20-8-12-5-13(9-20)7-14(6-12)10-20)22-23-18-15-3-1-2-4-16(15)21-19(18)25/h1-4,12-14,21,25H,5-11H2. The van der Waals surface area contributed by atoms with Gasteiger partial charge in [0.1, 0.15) is 0 Å². The summed E-state index contributed by atoms with van der Waals surface area (Å²) in [6, 6.07) is 7.50. The fraction of sp³-hybridized carbons (Fsp3) is 0.550. The van der Waals surface area contributed by atoms with E-state index >= 15 is 0 Å².